The molecule has 2 unspecified atom stereocenters. The van der Waals surface area contributed by atoms with Gasteiger partial charge >= 0.3 is 6.18 Å². The summed E-state index contributed by atoms with van der Waals surface area (Å²) >= 11 is 0. The Morgan fingerprint density at radius 2 is 1.69 bits per heavy atom. The summed E-state index contributed by atoms with van der Waals surface area (Å²) in [5, 5.41) is 0. The van der Waals surface area contributed by atoms with Crippen molar-refractivity contribution in [2.75, 3.05) is 6.61 Å². The molecule has 2 fully saturated rings. The molecule has 144 valence electrons. The van der Waals surface area contributed by atoms with Gasteiger partial charge < -0.3 is 4.74 Å². The monoisotopic (exact) mass is 370 g/mol. The highest BCUT2D eigenvalue weighted by molar-refractivity contribution is 5.51. The van der Waals surface area contributed by atoms with Crippen molar-refractivity contribution < 1.29 is 22.3 Å². The zero-order chi connectivity index (χ0) is 18.7. The van der Waals surface area contributed by atoms with E-state index in [0.29, 0.717) is 18.1 Å². The highest BCUT2D eigenvalue weighted by Gasteiger charge is 2.31. The molecule has 1 saturated carbocycles. The molecule has 1 nitrogen and oxygen atoms in total. The van der Waals surface area contributed by atoms with Crippen LogP contribution in [0.1, 0.15) is 62.7 Å². The van der Waals surface area contributed by atoms with Crippen LogP contribution in [0, 0.1) is 23.6 Å². The lowest BCUT2D eigenvalue weighted by molar-refractivity contribution is -0.0790. The first-order valence-corrected chi connectivity index (χ1v) is 9.49. The molecule has 1 saturated heterocycles. The Hall–Kier alpha value is -1.36. The number of hydrogen-bond donors (Lipinski definition) is 0. The van der Waals surface area contributed by atoms with Gasteiger partial charge in [0.05, 0.1) is 12.7 Å². The van der Waals surface area contributed by atoms with Gasteiger partial charge in [-0.25, -0.2) is 4.39 Å². The Labute approximate surface area is 152 Å². The largest absolute Gasteiger partial charge is 0.409 e. The Bertz CT molecular complexity index is 621. The van der Waals surface area contributed by atoms with Crippen LogP contribution in [-0.4, -0.2) is 12.8 Å². The Kier molecular flexibility index (Phi) is 6.06. The number of alkyl halides is 3. The molecule has 0 spiro atoms. The topological polar surface area (TPSA) is 9.23 Å². The van der Waals surface area contributed by atoms with Crippen LogP contribution in [-0.2, 0) is 4.74 Å². The van der Waals surface area contributed by atoms with Crippen molar-refractivity contribution in [3.05, 3.63) is 41.2 Å². The minimum absolute atomic E-state index is 0.0534. The average molecular weight is 370 g/mol. The second-order valence-corrected chi connectivity index (χ2v) is 7.84. The van der Waals surface area contributed by atoms with Crippen LogP contribution in [0.4, 0.5) is 17.6 Å². The van der Waals surface area contributed by atoms with E-state index < -0.39 is 12.0 Å². The first-order valence-electron chi connectivity index (χ1n) is 9.49. The molecule has 0 radical (unpaired) electrons. The lowest BCUT2D eigenvalue weighted by Gasteiger charge is -2.37. The maximum atomic E-state index is 14.1. The summed E-state index contributed by atoms with van der Waals surface area (Å²) in [5.41, 5.74) is 0.651. The summed E-state index contributed by atoms with van der Waals surface area (Å²) in [6, 6.07) is 4.38. The second kappa shape index (κ2) is 8.12. The quantitative estimate of drug-likeness (QED) is 0.538. The van der Waals surface area contributed by atoms with Crippen molar-refractivity contribution in [3.63, 3.8) is 0 Å². The molecule has 0 amide bonds. The fourth-order valence-electron chi connectivity index (χ4n) is 4.23. The summed E-state index contributed by atoms with van der Waals surface area (Å²) < 4.78 is 56.8. The van der Waals surface area contributed by atoms with E-state index in [1.807, 2.05) is 0 Å². The highest BCUT2D eigenvalue weighted by Crippen LogP contribution is 2.40. The van der Waals surface area contributed by atoms with E-state index >= 15 is 0 Å². The molecule has 1 aliphatic carbocycles. The number of ether oxygens (including phenoxy) is 1. The molecule has 5 heteroatoms. The van der Waals surface area contributed by atoms with Gasteiger partial charge in [0, 0.05) is 11.6 Å². The van der Waals surface area contributed by atoms with E-state index in [1.54, 1.807) is 6.07 Å². The van der Waals surface area contributed by atoms with Gasteiger partial charge in [-0.1, -0.05) is 31.9 Å². The van der Waals surface area contributed by atoms with E-state index in [2.05, 4.69) is 6.92 Å². The standard InChI is InChI=1S/C21H26F4O/c1-14-2-4-15(5-3-14)18-8-9-20(26-13-18)17-7-6-16(19(22)12-17)10-11-21(23,24)25/h6-7,10-12,14-15,18,20H,2-5,8-9,13H2,1H3/b11-10+. The minimum Gasteiger partial charge on any atom is -0.373 e. The van der Waals surface area contributed by atoms with Crippen LogP contribution in [0.3, 0.4) is 0 Å². The maximum absolute atomic E-state index is 14.1. The van der Waals surface area contributed by atoms with Crippen molar-refractivity contribution in [3.8, 4) is 0 Å². The van der Waals surface area contributed by atoms with Crippen molar-refractivity contribution in [2.45, 2.75) is 57.7 Å². The summed E-state index contributed by atoms with van der Waals surface area (Å²) in [5.74, 6) is 1.50. The summed E-state index contributed by atoms with van der Waals surface area (Å²) in [6.07, 6.45) is 3.26. The Morgan fingerprint density at radius 1 is 1.00 bits per heavy atom. The fourth-order valence-corrected chi connectivity index (χ4v) is 4.23. The van der Waals surface area contributed by atoms with E-state index in [4.69, 9.17) is 4.74 Å². The molecule has 1 aliphatic heterocycles. The maximum Gasteiger partial charge on any atom is 0.409 e. The van der Waals surface area contributed by atoms with Crippen LogP contribution in [0.5, 0.6) is 0 Å². The number of allylic oxidation sites excluding steroid dienone is 1. The van der Waals surface area contributed by atoms with E-state index in [-0.39, 0.29) is 17.7 Å². The van der Waals surface area contributed by atoms with E-state index in [0.717, 1.165) is 30.8 Å². The molecule has 2 aliphatic rings. The third-order valence-corrected chi connectivity index (χ3v) is 5.89. The molecule has 1 heterocycles. The predicted molar refractivity (Wildman–Crippen MR) is 94.0 cm³/mol. The molecule has 3 rings (SSSR count). The van der Waals surface area contributed by atoms with Crippen molar-refractivity contribution in [1.82, 2.24) is 0 Å². The highest BCUT2D eigenvalue weighted by atomic mass is 19.4. The van der Waals surface area contributed by atoms with Gasteiger partial charge in [-0.2, -0.15) is 13.2 Å². The minimum atomic E-state index is -4.44. The van der Waals surface area contributed by atoms with E-state index in [1.165, 1.54) is 37.8 Å². The SMILES string of the molecule is CC1CCC(C2CCC(c3ccc(/C=C/C(F)(F)F)c(F)c3)OC2)CC1. The first kappa shape index (κ1) is 19.4. The molecule has 1 aromatic rings. The predicted octanol–water partition coefficient (Wildman–Crippen LogP) is 6.70. The average Bonchev–Trinajstić information content (AvgIpc) is 2.61. The van der Waals surface area contributed by atoms with Crippen LogP contribution in [0.15, 0.2) is 24.3 Å². The van der Waals surface area contributed by atoms with Crippen molar-refractivity contribution in [2.24, 2.45) is 17.8 Å². The van der Waals surface area contributed by atoms with Crippen LogP contribution in [0.2, 0.25) is 0 Å². The third-order valence-electron chi connectivity index (χ3n) is 5.89. The number of benzene rings is 1. The Morgan fingerprint density at radius 3 is 2.27 bits per heavy atom. The van der Waals surface area contributed by atoms with E-state index in [9.17, 15) is 17.6 Å². The van der Waals surface area contributed by atoms with Gasteiger partial charge in [-0.05, 0) is 61.1 Å². The van der Waals surface area contributed by atoms with Crippen LogP contribution < -0.4 is 0 Å². The van der Waals surface area contributed by atoms with Gasteiger partial charge in [0.2, 0.25) is 0 Å². The molecule has 1 aromatic carbocycles. The van der Waals surface area contributed by atoms with Crippen molar-refractivity contribution >= 4 is 6.08 Å². The van der Waals surface area contributed by atoms with Gasteiger partial charge in [-0.3, -0.25) is 0 Å². The summed E-state index contributed by atoms with van der Waals surface area (Å²) in [7, 11) is 0. The fraction of sp³-hybridized carbons (Fsp3) is 0.619. The molecule has 2 atom stereocenters. The van der Waals surface area contributed by atoms with Gasteiger partial charge in [-0.15, -0.1) is 0 Å². The smallest absolute Gasteiger partial charge is 0.373 e. The second-order valence-electron chi connectivity index (χ2n) is 7.84. The molecule has 0 aromatic heterocycles. The molecular weight excluding hydrogens is 344 g/mol. The number of hydrogen-bond acceptors (Lipinski definition) is 1. The number of halogens is 4. The van der Waals surface area contributed by atoms with Crippen LogP contribution in [0.25, 0.3) is 6.08 Å². The van der Waals surface area contributed by atoms with Crippen LogP contribution >= 0.6 is 0 Å². The summed E-state index contributed by atoms with van der Waals surface area (Å²) in [4.78, 5) is 0. The van der Waals surface area contributed by atoms with Gasteiger partial charge in [0.25, 0.3) is 0 Å². The van der Waals surface area contributed by atoms with Crippen molar-refractivity contribution in [1.29, 1.82) is 0 Å². The number of rotatable bonds is 3. The lowest BCUT2D eigenvalue weighted by Crippen LogP contribution is -2.29. The van der Waals surface area contributed by atoms with Gasteiger partial charge in [0.1, 0.15) is 5.82 Å². The molecular formula is C21H26F4O. The molecule has 26 heavy (non-hydrogen) atoms. The summed E-state index contributed by atoms with van der Waals surface area (Å²) in [6.45, 7) is 3.01. The lowest BCUT2D eigenvalue weighted by atomic mass is 9.74. The first-order chi connectivity index (χ1) is 12.3. The Balaban J connectivity index is 1.57. The van der Waals surface area contributed by atoms with Gasteiger partial charge in [0.15, 0.2) is 0 Å². The zero-order valence-electron chi connectivity index (χ0n) is 15.1. The zero-order valence-corrected chi connectivity index (χ0v) is 15.1. The molecule has 0 bridgehead atoms. The normalized spacial score (nSPS) is 30.7. The third kappa shape index (κ3) is 5.09. The molecule has 0 N–H and O–H groups in total.